The number of benzene rings is 2. The monoisotopic (exact) mass is 602 g/mol. The van der Waals surface area contributed by atoms with Crippen LogP contribution in [0.25, 0.3) is 0 Å². The Bertz CT molecular complexity index is 1280. The van der Waals surface area contributed by atoms with Gasteiger partial charge in [0.2, 0.25) is 0 Å². The molecule has 1 heterocycles. The highest BCUT2D eigenvalue weighted by atomic mass is 32.1. The zero-order valence-electron chi connectivity index (χ0n) is 24.3. The number of carbonyl (C=O) groups excluding carboxylic acids is 2. The Labute approximate surface area is 250 Å². The smallest absolute Gasteiger partial charge is 0.253 e. The molecule has 0 aliphatic rings. The van der Waals surface area contributed by atoms with Crippen molar-refractivity contribution < 1.29 is 33.3 Å². The van der Waals surface area contributed by atoms with E-state index in [4.69, 9.17) is 4.74 Å². The molecule has 0 aliphatic heterocycles. The quantitative estimate of drug-likeness (QED) is 0.202. The van der Waals surface area contributed by atoms with Gasteiger partial charge in [0.25, 0.3) is 11.8 Å². The predicted molar refractivity (Wildman–Crippen MR) is 160 cm³/mol. The van der Waals surface area contributed by atoms with Gasteiger partial charge in [-0.05, 0) is 79.1 Å². The summed E-state index contributed by atoms with van der Waals surface area (Å²) in [6, 6.07) is 10.6. The van der Waals surface area contributed by atoms with Gasteiger partial charge < -0.3 is 25.2 Å². The van der Waals surface area contributed by atoms with Crippen LogP contribution in [0, 0.1) is 18.6 Å². The van der Waals surface area contributed by atoms with Gasteiger partial charge in [-0.2, -0.15) is 0 Å². The summed E-state index contributed by atoms with van der Waals surface area (Å²) in [7, 11) is 0. The van der Waals surface area contributed by atoms with Crippen molar-refractivity contribution in [3.63, 3.8) is 0 Å². The first-order valence-electron chi connectivity index (χ1n) is 14.2. The van der Waals surface area contributed by atoms with Crippen molar-refractivity contribution >= 4 is 23.2 Å². The number of rotatable bonds is 16. The lowest BCUT2D eigenvalue weighted by Gasteiger charge is -2.28. The average molecular weight is 603 g/mol. The van der Waals surface area contributed by atoms with E-state index in [1.54, 1.807) is 35.3 Å². The number of nitrogens with one attached hydrogen (secondary N) is 1. The van der Waals surface area contributed by atoms with Gasteiger partial charge in [-0.3, -0.25) is 9.59 Å². The van der Waals surface area contributed by atoms with E-state index < -0.39 is 35.8 Å². The van der Waals surface area contributed by atoms with Gasteiger partial charge in [0.15, 0.2) is 0 Å². The van der Waals surface area contributed by atoms with Crippen molar-refractivity contribution in [2.24, 2.45) is 0 Å². The number of carbonyl (C=O) groups is 2. The molecule has 3 atom stereocenters. The zero-order chi connectivity index (χ0) is 30.6. The number of hydrogen-bond donors (Lipinski definition) is 3. The van der Waals surface area contributed by atoms with Crippen molar-refractivity contribution in [3.05, 3.63) is 92.7 Å². The van der Waals surface area contributed by atoms with Gasteiger partial charge in [0.1, 0.15) is 23.8 Å². The minimum atomic E-state index is -1.52. The van der Waals surface area contributed by atoms with Gasteiger partial charge in [0.05, 0.1) is 19.3 Å². The number of amides is 2. The molecule has 0 saturated carbocycles. The first-order chi connectivity index (χ1) is 20.1. The summed E-state index contributed by atoms with van der Waals surface area (Å²) in [5.41, 5.74) is 1.45. The van der Waals surface area contributed by atoms with Crippen LogP contribution in [0.15, 0.2) is 53.9 Å². The van der Waals surface area contributed by atoms with Gasteiger partial charge in [0, 0.05) is 41.6 Å². The third-order valence-electron chi connectivity index (χ3n) is 6.72. The molecule has 1 unspecified atom stereocenters. The molecular weight excluding hydrogens is 562 g/mol. The third-order valence-corrected chi connectivity index (χ3v) is 7.66. The molecule has 2 amide bonds. The second-order valence-corrected chi connectivity index (χ2v) is 11.4. The molecule has 7 nitrogen and oxygen atoms in total. The lowest BCUT2D eigenvalue weighted by atomic mass is 9.96. The van der Waals surface area contributed by atoms with Crippen LogP contribution < -0.4 is 5.32 Å². The van der Waals surface area contributed by atoms with Crippen LogP contribution in [0.1, 0.15) is 63.4 Å². The van der Waals surface area contributed by atoms with E-state index in [1.807, 2.05) is 31.4 Å². The molecular formula is C32H40F2N2O5S. The number of halogens is 2. The molecule has 3 aromatic rings. The van der Waals surface area contributed by atoms with Gasteiger partial charge >= 0.3 is 0 Å². The largest absolute Gasteiger partial charge is 0.388 e. The SMILES string of the molecule is CCCN(CCC)C(=O)c1cc(C)cc(C(=O)N[C@@H](Cc2cc(F)cc(F)c2)[C@@H](O)C(O)COCCc2cccs2)c1. The molecule has 0 saturated heterocycles. The number of nitrogens with zero attached hydrogens (tertiary/aromatic N) is 1. The number of ether oxygens (including phenoxy) is 1. The normalized spacial score (nSPS) is 13.4. The number of thiophene rings is 1. The Morgan fingerprint density at radius 2 is 1.67 bits per heavy atom. The van der Waals surface area contributed by atoms with E-state index in [0.29, 0.717) is 37.2 Å². The van der Waals surface area contributed by atoms with Gasteiger partial charge in [-0.15, -0.1) is 11.3 Å². The molecule has 0 spiro atoms. The second kappa shape index (κ2) is 16.5. The van der Waals surface area contributed by atoms with Gasteiger partial charge in [-0.25, -0.2) is 8.78 Å². The van der Waals surface area contributed by atoms with Crippen molar-refractivity contribution in [3.8, 4) is 0 Å². The van der Waals surface area contributed by atoms with E-state index >= 15 is 0 Å². The highest BCUT2D eigenvalue weighted by Crippen LogP contribution is 2.17. The van der Waals surface area contributed by atoms with E-state index in [0.717, 1.165) is 35.9 Å². The summed E-state index contributed by atoms with van der Waals surface area (Å²) in [6.07, 6.45) is -0.824. The number of aliphatic hydroxyl groups excluding tert-OH is 2. The molecule has 228 valence electrons. The molecule has 0 bridgehead atoms. The first-order valence-corrected chi connectivity index (χ1v) is 15.1. The molecule has 42 heavy (non-hydrogen) atoms. The summed E-state index contributed by atoms with van der Waals surface area (Å²) in [5.74, 6) is -2.38. The highest BCUT2D eigenvalue weighted by molar-refractivity contribution is 7.09. The topological polar surface area (TPSA) is 99.1 Å². The summed E-state index contributed by atoms with van der Waals surface area (Å²) in [4.78, 5) is 29.5. The highest BCUT2D eigenvalue weighted by Gasteiger charge is 2.29. The van der Waals surface area contributed by atoms with E-state index in [9.17, 15) is 28.6 Å². The van der Waals surface area contributed by atoms with Gasteiger partial charge in [-0.1, -0.05) is 19.9 Å². The van der Waals surface area contributed by atoms with Crippen LogP contribution >= 0.6 is 11.3 Å². The Hall–Kier alpha value is -3.18. The van der Waals surface area contributed by atoms with Crippen molar-refractivity contribution in [1.82, 2.24) is 10.2 Å². The molecule has 10 heteroatoms. The Kier molecular flexibility index (Phi) is 13.1. The summed E-state index contributed by atoms with van der Waals surface area (Å²) in [5, 5.41) is 26.4. The summed E-state index contributed by atoms with van der Waals surface area (Å²) in [6.45, 7) is 7.06. The summed E-state index contributed by atoms with van der Waals surface area (Å²) < 4.78 is 33.4. The number of aryl methyl sites for hydroxylation is 1. The standard InChI is InChI=1S/C32H40F2N2O5S/c1-4-9-36(10-5-2)32(40)24-14-21(3)13-23(18-24)31(39)35-28(17-22-15-25(33)19-26(34)16-22)30(38)29(37)20-41-11-8-27-7-6-12-42-27/h6-7,12-16,18-19,28-30,37-38H,4-5,8-11,17,20H2,1-3H3,(H,35,39)/t28-,29?,30+/m0/s1. The van der Waals surface area contributed by atoms with E-state index in [2.05, 4.69) is 5.32 Å². The fourth-order valence-corrected chi connectivity index (χ4v) is 5.46. The average Bonchev–Trinajstić information content (AvgIpc) is 3.46. The third kappa shape index (κ3) is 9.97. The maximum absolute atomic E-state index is 13.9. The lowest BCUT2D eigenvalue weighted by molar-refractivity contribution is -0.0501. The molecule has 3 rings (SSSR count). The van der Waals surface area contributed by atoms with Crippen LogP contribution in [-0.4, -0.2) is 71.5 Å². The second-order valence-electron chi connectivity index (χ2n) is 10.4. The van der Waals surface area contributed by atoms with Crippen molar-refractivity contribution in [2.45, 2.75) is 64.7 Å². The zero-order valence-corrected chi connectivity index (χ0v) is 25.1. The minimum absolute atomic E-state index is 0.160. The maximum Gasteiger partial charge on any atom is 0.253 e. The minimum Gasteiger partial charge on any atom is -0.388 e. The molecule has 0 radical (unpaired) electrons. The molecule has 0 fully saturated rings. The van der Waals surface area contributed by atoms with Crippen LogP contribution in [-0.2, 0) is 17.6 Å². The fraction of sp³-hybridized carbons (Fsp3) is 0.438. The van der Waals surface area contributed by atoms with Crippen molar-refractivity contribution in [2.75, 3.05) is 26.3 Å². The Morgan fingerprint density at radius 1 is 1.00 bits per heavy atom. The Balaban J connectivity index is 1.78. The Morgan fingerprint density at radius 3 is 2.29 bits per heavy atom. The molecule has 3 N–H and O–H groups in total. The first kappa shape index (κ1) is 33.3. The maximum atomic E-state index is 13.9. The van der Waals surface area contributed by atoms with Crippen LogP contribution in [0.4, 0.5) is 8.78 Å². The predicted octanol–water partition coefficient (Wildman–Crippen LogP) is 4.92. The van der Waals surface area contributed by atoms with Crippen molar-refractivity contribution in [1.29, 1.82) is 0 Å². The molecule has 1 aromatic heterocycles. The van der Waals surface area contributed by atoms with Crippen LogP contribution in [0.3, 0.4) is 0 Å². The molecule has 0 aliphatic carbocycles. The van der Waals surface area contributed by atoms with E-state index in [-0.39, 0.29) is 30.1 Å². The van der Waals surface area contributed by atoms with Crippen LogP contribution in [0.5, 0.6) is 0 Å². The summed E-state index contributed by atoms with van der Waals surface area (Å²) >= 11 is 1.59. The number of aliphatic hydroxyl groups is 2. The lowest BCUT2D eigenvalue weighted by Crippen LogP contribution is -2.51. The number of hydrogen-bond acceptors (Lipinski definition) is 6. The fourth-order valence-electron chi connectivity index (χ4n) is 4.76. The molecule has 2 aromatic carbocycles. The van der Waals surface area contributed by atoms with Crippen LogP contribution in [0.2, 0.25) is 0 Å². The van der Waals surface area contributed by atoms with E-state index in [1.165, 1.54) is 6.07 Å².